The van der Waals surface area contributed by atoms with Crippen LogP contribution in [0.2, 0.25) is 0 Å². The highest BCUT2D eigenvalue weighted by atomic mass is 16.5. The Kier molecular flexibility index (Phi) is 7.19. The number of ether oxygens (including phenoxy) is 1. The van der Waals surface area contributed by atoms with Crippen LogP contribution in [0.5, 0.6) is 0 Å². The molecule has 2 fully saturated rings. The fourth-order valence-electron chi connectivity index (χ4n) is 4.75. The van der Waals surface area contributed by atoms with E-state index in [4.69, 9.17) is 9.72 Å². The average molecular weight is 464 g/mol. The number of pyridine rings is 1. The molecule has 1 amide bonds. The summed E-state index contributed by atoms with van der Waals surface area (Å²) in [5, 5.41) is 7.38. The Labute approximate surface area is 199 Å². The van der Waals surface area contributed by atoms with Gasteiger partial charge in [-0.2, -0.15) is 4.98 Å². The number of hydrogen-bond acceptors (Lipinski definition) is 7. The predicted octanol–water partition coefficient (Wildman–Crippen LogP) is 3.49. The second-order valence-electron chi connectivity index (χ2n) is 9.09. The van der Waals surface area contributed by atoms with Crippen LogP contribution in [0.15, 0.2) is 36.8 Å². The second kappa shape index (κ2) is 10.8. The van der Waals surface area contributed by atoms with Crippen molar-refractivity contribution >= 4 is 34.4 Å². The van der Waals surface area contributed by atoms with Gasteiger partial charge >= 0.3 is 0 Å². The normalized spacial score (nSPS) is 17.1. The van der Waals surface area contributed by atoms with E-state index in [1.165, 1.54) is 19.3 Å². The van der Waals surface area contributed by atoms with Crippen LogP contribution in [0.4, 0.5) is 17.5 Å². The molecule has 3 aromatic heterocycles. The largest absolute Gasteiger partial charge is 0.378 e. The van der Waals surface area contributed by atoms with Gasteiger partial charge in [-0.05, 0) is 37.5 Å². The Morgan fingerprint density at radius 3 is 2.71 bits per heavy atom. The zero-order valence-corrected chi connectivity index (χ0v) is 19.6. The van der Waals surface area contributed by atoms with Crippen LogP contribution in [0, 0.1) is 5.92 Å². The highest BCUT2D eigenvalue weighted by Crippen LogP contribution is 2.24. The maximum absolute atomic E-state index is 12.3. The van der Waals surface area contributed by atoms with E-state index in [2.05, 4.69) is 30.1 Å². The van der Waals surface area contributed by atoms with Crippen LogP contribution >= 0.6 is 0 Å². The van der Waals surface area contributed by atoms with Crippen molar-refractivity contribution < 1.29 is 9.53 Å². The molecule has 5 rings (SSSR count). The van der Waals surface area contributed by atoms with Crippen LogP contribution in [0.25, 0.3) is 11.0 Å². The van der Waals surface area contributed by atoms with Gasteiger partial charge in [-0.1, -0.05) is 19.3 Å². The van der Waals surface area contributed by atoms with Gasteiger partial charge in [0, 0.05) is 49.9 Å². The lowest BCUT2D eigenvalue weighted by Crippen LogP contribution is -2.36. The van der Waals surface area contributed by atoms with Gasteiger partial charge in [0.15, 0.2) is 0 Å². The van der Waals surface area contributed by atoms with Gasteiger partial charge in [0.05, 0.1) is 25.1 Å². The number of hydrogen-bond donors (Lipinski definition) is 2. The summed E-state index contributed by atoms with van der Waals surface area (Å²) < 4.78 is 7.53. The van der Waals surface area contributed by atoms with Gasteiger partial charge < -0.3 is 24.8 Å². The molecule has 9 heteroatoms. The molecule has 0 bridgehead atoms. The molecule has 0 aromatic carbocycles. The molecular formula is C25H33N7O2. The van der Waals surface area contributed by atoms with Crippen LogP contribution in [0.3, 0.4) is 0 Å². The number of aryl methyl sites for hydroxylation is 1. The van der Waals surface area contributed by atoms with E-state index in [0.717, 1.165) is 74.6 Å². The quantitative estimate of drug-likeness (QED) is 0.494. The van der Waals surface area contributed by atoms with Crippen molar-refractivity contribution in [3.05, 3.63) is 36.8 Å². The predicted molar refractivity (Wildman–Crippen MR) is 132 cm³/mol. The number of carbonyl (C=O) groups excluding carboxylic acids is 1. The Morgan fingerprint density at radius 2 is 1.91 bits per heavy atom. The topological polar surface area (TPSA) is 97.2 Å². The summed E-state index contributed by atoms with van der Waals surface area (Å²) in [7, 11) is 0. The molecule has 0 radical (unpaired) electrons. The van der Waals surface area contributed by atoms with E-state index < -0.39 is 0 Å². The molecule has 180 valence electrons. The van der Waals surface area contributed by atoms with Crippen molar-refractivity contribution in [3.8, 4) is 0 Å². The summed E-state index contributed by atoms with van der Waals surface area (Å²) in [5.41, 5.74) is 1.73. The third kappa shape index (κ3) is 5.47. The molecule has 1 saturated heterocycles. The summed E-state index contributed by atoms with van der Waals surface area (Å²) in [5.74, 6) is 1.92. The van der Waals surface area contributed by atoms with E-state index >= 15 is 0 Å². The Morgan fingerprint density at radius 1 is 1.06 bits per heavy atom. The number of fused-ring (bicyclic) bond motifs is 1. The van der Waals surface area contributed by atoms with E-state index in [-0.39, 0.29) is 11.8 Å². The third-order valence-electron chi connectivity index (χ3n) is 6.69. The Hall–Kier alpha value is -3.20. The molecule has 1 aliphatic heterocycles. The molecule has 3 aromatic rings. The molecule has 0 unspecified atom stereocenters. The van der Waals surface area contributed by atoms with E-state index in [0.29, 0.717) is 12.5 Å². The second-order valence-corrected chi connectivity index (χ2v) is 9.09. The molecule has 1 saturated carbocycles. The first-order valence-corrected chi connectivity index (χ1v) is 12.4. The highest BCUT2D eigenvalue weighted by molar-refractivity contribution is 5.78. The van der Waals surface area contributed by atoms with Gasteiger partial charge in [0.2, 0.25) is 11.9 Å². The zero-order chi connectivity index (χ0) is 23.2. The molecule has 0 spiro atoms. The smallest absolute Gasteiger partial charge is 0.229 e. The van der Waals surface area contributed by atoms with Crippen LogP contribution in [0.1, 0.15) is 38.5 Å². The van der Waals surface area contributed by atoms with Crippen molar-refractivity contribution in [1.29, 1.82) is 0 Å². The highest BCUT2D eigenvalue weighted by Gasteiger charge is 2.20. The lowest BCUT2D eigenvalue weighted by atomic mass is 9.89. The average Bonchev–Trinajstić information content (AvgIpc) is 3.30. The van der Waals surface area contributed by atoms with Gasteiger partial charge in [-0.15, -0.1) is 0 Å². The minimum Gasteiger partial charge on any atom is -0.378 e. The lowest BCUT2D eigenvalue weighted by molar-refractivity contribution is -0.125. The molecular weight excluding hydrogens is 430 g/mol. The number of amides is 1. The maximum Gasteiger partial charge on any atom is 0.229 e. The first-order valence-electron chi connectivity index (χ1n) is 12.4. The molecule has 0 atom stereocenters. The summed E-state index contributed by atoms with van der Waals surface area (Å²) in [6.07, 6.45) is 12.2. The number of aromatic nitrogens is 4. The SMILES string of the molecule is O=C(NCCCn1ccc2cnc(Nc3ccc(N4CCOCC4)nc3)nc21)C1CCCCC1. The Balaban J connectivity index is 1.16. The van der Waals surface area contributed by atoms with Crippen molar-refractivity contribution in [3.63, 3.8) is 0 Å². The van der Waals surface area contributed by atoms with Crippen molar-refractivity contribution in [2.75, 3.05) is 43.1 Å². The minimum absolute atomic E-state index is 0.208. The van der Waals surface area contributed by atoms with Gasteiger partial charge in [0.1, 0.15) is 11.5 Å². The fraction of sp³-hybridized carbons (Fsp3) is 0.520. The molecule has 2 N–H and O–H groups in total. The first-order chi connectivity index (χ1) is 16.8. The number of anilines is 3. The molecule has 34 heavy (non-hydrogen) atoms. The minimum atomic E-state index is 0.208. The van der Waals surface area contributed by atoms with E-state index in [1.54, 1.807) is 0 Å². The third-order valence-corrected chi connectivity index (χ3v) is 6.69. The molecule has 2 aliphatic rings. The van der Waals surface area contributed by atoms with Crippen molar-refractivity contribution in [1.82, 2.24) is 24.8 Å². The molecule has 1 aliphatic carbocycles. The number of morpholine rings is 1. The van der Waals surface area contributed by atoms with Crippen LogP contribution in [-0.2, 0) is 16.1 Å². The monoisotopic (exact) mass is 463 g/mol. The number of rotatable bonds is 8. The number of nitrogens with zero attached hydrogens (tertiary/aromatic N) is 5. The number of carbonyl (C=O) groups is 1. The molecule has 9 nitrogen and oxygen atoms in total. The summed E-state index contributed by atoms with van der Waals surface area (Å²) in [6, 6.07) is 6.04. The van der Waals surface area contributed by atoms with Crippen molar-refractivity contribution in [2.24, 2.45) is 5.92 Å². The summed E-state index contributed by atoms with van der Waals surface area (Å²) in [6.45, 7) is 4.68. The first kappa shape index (κ1) is 22.6. The standard InChI is InChI=1S/C25H33N7O2/c33-24(19-5-2-1-3-6-19)26-10-4-11-32-12-9-20-17-28-25(30-23(20)32)29-21-7-8-22(27-18-21)31-13-15-34-16-14-31/h7-9,12,17-19H,1-6,10-11,13-16H2,(H,26,33)(H,28,29,30). The summed E-state index contributed by atoms with van der Waals surface area (Å²) in [4.78, 5) is 28.3. The fourth-order valence-corrected chi connectivity index (χ4v) is 4.75. The van der Waals surface area contributed by atoms with Gasteiger partial charge in [0.25, 0.3) is 0 Å². The van der Waals surface area contributed by atoms with Crippen LogP contribution in [-0.4, -0.2) is 58.3 Å². The summed E-state index contributed by atoms with van der Waals surface area (Å²) >= 11 is 0. The Bertz CT molecular complexity index is 1090. The lowest BCUT2D eigenvalue weighted by Gasteiger charge is -2.27. The van der Waals surface area contributed by atoms with Gasteiger partial charge in [-0.3, -0.25) is 4.79 Å². The van der Waals surface area contributed by atoms with E-state index in [9.17, 15) is 4.79 Å². The number of nitrogens with one attached hydrogen (secondary N) is 2. The molecule has 4 heterocycles. The van der Waals surface area contributed by atoms with E-state index in [1.807, 2.05) is 36.8 Å². The maximum atomic E-state index is 12.3. The van der Waals surface area contributed by atoms with Crippen LogP contribution < -0.4 is 15.5 Å². The van der Waals surface area contributed by atoms with Gasteiger partial charge in [-0.25, -0.2) is 9.97 Å². The zero-order valence-electron chi connectivity index (χ0n) is 19.6. The van der Waals surface area contributed by atoms with Crippen molar-refractivity contribution in [2.45, 2.75) is 45.1 Å².